The summed E-state index contributed by atoms with van der Waals surface area (Å²) in [6.45, 7) is 4.84. The summed E-state index contributed by atoms with van der Waals surface area (Å²) in [5.74, 6) is 0.805. The second-order valence-electron chi connectivity index (χ2n) is 4.97. The van der Waals surface area contributed by atoms with Crippen LogP contribution in [0.2, 0.25) is 0 Å². The molecule has 1 aromatic carbocycles. The minimum atomic E-state index is -4.24. The first kappa shape index (κ1) is 13.4. The van der Waals surface area contributed by atoms with Crippen LogP contribution < -0.4 is 0 Å². The number of hydrogen-bond donors (Lipinski definition) is 0. The maximum atomic E-state index is 12.4. The van der Waals surface area contributed by atoms with Gasteiger partial charge in [0.2, 0.25) is 0 Å². The van der Waals surface area contributed by atoms with Crippen molar-refractivity contribution in [3.8, 4) is 0 Å². The number of hydrogen-bond acceptors (Lipinski definition) is 1. The van der Waals surface area contributed by atoms with E-state index in [1.54, 1.807) is 12.1 Å². The van der Waals surface area contributed by atoms with E-state index in [0.29, 0.717) is 0 Å². The number of alkyl halides is 3. The Morgan fingerprint density at radius 3 is 2.22 bits per heavy atom. The Bertz CT molecular complexity index is 379. The highest BCUT2D eigenvalue weighted by Crippen LogP contribution is 2.31. The molecule has 1 aliphatic rings. The Morgan fingerprint density at radius 1 is 1.17 bits per heavy atom. The fourth-order valence-corrected chi connectivity index (χ4v) is 2.03. The van der Waals surface area contributed by atoms with Crippen LogP contribution in [0.5, 0.6) is 0 Å². The van der Waals surface area contributed by atoms with Crippen molar-refractivity contribution in [2.45, 2.75) is 32.5 Å². The highest BCUT2D eigenvalue weighted by atomic mass is 19.4. The van der Waals surface area contributed by atoms with Gasteiger partial charge >= 0.3 is 6.18 Å². The second-order valence-corrected chi connectivity index (χ2v) is 4.97. The standard InChI is InChI=1S/C14H18F3N/c1-2-18(9-11-3-4-11)10-12-5-7-13(8-6-12)14(15,16)17/h5-8,11H,2-4,9-10H2,1H3. The number of rotatable bonds is 5. The van der Waals surface area contributed by atoms with E-state index < -0.39 is 11.7 Å². The maximum Gasteiger partial charge on any atom is 0.416 e. The highest BCUT2D eigenvalue weighted by molar-refractivity contribution is 5.24. The van der Waals surface area contributed by atoms with Gasteiger partial charge < -0.3 is 0 Å². The Labute approximate surface area is 106 Å². The Balaban J connectivity index is 1.95. The molecule has 1 aromatic rings. The lowest BCUT2D eigenvalue weighted by molar-refractivity contribution is -0.137. The van der Waals surface area contributed by atoms with Crippen molar-refractivity contribution in [2.24, 2.45) is 5.92 Å². The smallest absolute Gasteiger partial charge is 0.299 e. The molecule has 0 radical (unpaired) electrons. The van der Waals surface area contributed by atoms with Crippen LogP contribution in [0.1, 0.15) is 30.9 Å². The van der Waals surface area contributed by atoms with Crippen LogP contribution >= 0.6 is 0 Å². The van der Waals surface area contributed by atoms with Gasteiger partial charge in [-0.15, -0.1) is 0 Å². The molecule has 0 N–H and O–H groups in total. The minimum absolute atomic E-state index is 0.573. The lowest BCUT2D eigenvalue weighted by Crippen LogP contribution is -2.25. The molecule has 1 saturated carbocycles. The molecule has 0 heterocycles. The summed E-state index contributed by atoms with van der Waals surface area (Å²) in [5.41, 5.74) is 0.377. The van der Waals surface area contributed by atoms with Crippen LogP contribution in [0.3, 0.4) is 0 Å². The molecule has 0 saturated heterocycles. The summed E-state index contributed by atoms with van der Waals surface area (Å²) in [6.07, 6.45) is -1.65. The average Bonchev–Trinajstić information content (AvgIpc) is 3.11. The molecule has 4 heteroatoms. The topological polar surface area (TPSA) is 3.24 Å². The van der Waals surface area contributed by atoms with Gasteiger partial charge in [-0.2, -0.15) is 13.2 Å². The van der Waals surface area contributed by atoms with Gasteiger partial charge in [0, 0.05) is 13.1 Å². The molecule has 18 heavy (non-hydrogen) atoms. The van der Waals surface area contributed by atoms with E-state index in [2.05, 4.69) is 11.8 Å². The molecule has 0 amide bonds. The van der Waals surface area contributed by atoms with Crippen LogP contribution in [0.4, 0.5) is 13.2 Å². The summed E-state index contributed by atoms with van der Waals surface area (Å²) in [5, 5.41) is 0. The van der Waals surface area contributed by atoms with Gasteiger partial charge in [0.15, 0.2) is 0 Å². The van der Waals surface area contributed by atoms with Gasteiger partial charge in [0.1, 0.15) is 0 Å². The van der Waals surface area contributed by atoms with Gasteiger partial charge in [-0.1, -0.05) is 19.1 Å². The van der Waals surface area contributed by atoms with Gasteiger partial charge in [-0.05, 0) is 43.0 Å². The summed E-state index contributed by atoms with van der Waals surface area (Å²) < 4.78 is 37.3. The zero-order valence-corrected chi connectivity index (χ0v) is 10.5. The number of nitrogens with zero attached hydrogens (tertiary/aromatic N) is 1. The Kier molecular flexibility index (Phi) is 3.95. The first-order valence-electron chi connectivity index (χ1n) is 6.37. The van der Waals surface area contributed by atoms with Crippen molar-refractivity contribution >= 4 is 0 Å². The van der Waals surface area contributed by atoms with E-state index >= 15 is 0 Å². The monoisotopic (exact) mass is 257 g/mol. The van der Waals surface area contributed by atoms with E-state index in [9.17, 15) is 13.2 Å². The van der Waals surface area contributed by atoms with Gasteiger partial charge in [0.05, 0.1) is 5.56 Å². The van der Waals surface area contributed by atoms with Gasteiger partial charge in [-0.25, -0.2) is 0 Å². The summed E-state index contributed by atoms with van der Waals surface area (Å²) in [6, 6.07) is 5.50. The van der Waals surface area contributed by atoms with Crippen molar-refractivity contribution in [3.63, 3.8) is 0 Å². The summed E-state index contributed by atoms with van der Waals surface area (Å²) >= 11 is 0. The van der Waals surface area contributed by atoms with Crippen LogP contribution in [0, 0.1) is 5.92 Å². The largest absolute Gasteiger partial charge is 0.416 e. The second kappa shape index (κ2) is 5.31. The predicted octanol–water partition coefficient (Wildman–Crippen LogP) is 3.94. The minimum Gasteiger partial charge on any atom is -0.299 e. The number of halogens is 3. The predicted molar refractivity (Wildman–Crippen MR) is 65.1 cm³/mol. The molecule has 1 fully saturated rings. The molecule has 0 bridgehead atoms. The lowest BCUT2D eigenvalue weighted by atomic mass is 10.1. The van der Waals surface area contributed by atoms with Gasteiger partial charge in [0.25, 0.3) is 0 Å². The van der Waals surface area contributed by atoms with E-state index in [1.807, 2.05) is 0 Å². The molecular formula is C14H18F3N. The van der Waals surface area contributed by atoms with Crippen LogP contribution in [0.25, 0.3) is 0 Å². The Hall–Kier alpha value is -1.03. The first-order valence-corrected chi connectivity index (χ1v) is 6.37. The van der Waals surface area contributed by atoms with E-state index in [-0.39, 0.29) is 0 Å². The third kappa shape index (κ3) is 3.73. The molecule has 2 rings (SSSR count). The lowest BCUT2D eigenvalue weighted by Gasteiger charge is -2.20. The zero-order chi connectivity index (χ0) is 13.2. The molecule has 0 aromatic heterocycles. The molecule has 0 unspecified atom stereocenters. The molecule has 1 nitrogen and oxygen atoms in total. The van der Waals surface area contributed by atoms with Crippen LogP contribution in [0.15, 0.2) is 24.3 Å². The molecule has 1 aliphatic carbocycles. The summed E-state index contributed by atoms with van der Waals surface area (Å²) in [4.78, 5) is 2.29. The van der Waals surface area contributed by atoms with Crippen molar-refractivity contribution < 1.29 is 13.2 Å². The molecule has 0 aliphatic heterocycles. The maximum absolute atomic E-state index is 12.4. The molecule has 0 atom stereocenters. The van der Waals surface area contributed by atoms with Crippen LogP contribution in [-0.2, 0) is 12.7 Å². The fourth-order valence-electron chi connectivity index (χ4n) is 2.03. The first-order chi connectivity index (χ1) is 8.49. The van der Waals surface area contributed by atoms with E-state index in [0.717, 1.165) is 31.1 Å². The van der Waals surface area contributed by atoms with Crippen molar-refractivity contribution in [3.05, 3.63) is 35.4 Å². The van der Waals surface area contributed by atoms with Gasteiger partial charge in [-0.3, -0.25) is 4.90 Å². The third-order valence-corrected chi connectivity index (χ3v) is 3.35. The molecule has 100 valence electrons. The summed E-state index contributed by atoms with van der Waals surface area (Å²) in [7, 11) is 0. The zero-order valence-electron chi connectivity index (χ0n) is 10.5. The SMILES string of the molecule is CCN(Cc1ccc(C(F)(F)F)cc1)CC1CC1. The van der Waals surface area contributed by atoms with Crippen molar-refractivity contribution in [1.29, 1.82) is 0 Å². The quantitative estimate of drug-likeness (QED) is 0.772. The number of benzene rings is 1. The third-order valence-electron chi connectivity index (χ3n) is 3.35. The van der Waals surface area contributed by atoms with Crippen molar-refractivity contribution in [2.75, 3.05) is 13.1 Å². The van der Waals surface area contributed by atoms with E-state index in [4.69, 9.17) is 0 Å². The average molecular weight is 257 g/mol. The van der Waals surface area contributed by atoms with Crippen LogP contribution in [-0.4, -0.2) is 18.0 Å². The normalized spacial score (nSPS) is 16.3. The van der Waals surface area contributed by atoms with E-state index in [1.165, 1.54) is 25.0 Å². The molecular weight excluding hydrogens is 239 g/mol. The van der Waals surface area contributed by atoms with Crippen molar-refractivity contribution in [1.82, 2.24) is 4.90 Å². The highest BCUT2D eigenvalue weighted by Gasteiger charge is 2.30. The molecule has 0 spiro atoms. The Morgan fingerprint density at radius 2 is 1.78 bits per heavy atom. The fraction of sp³-hybridized carbons (Fsp3) is 0.571.